The second kappa shape index (κ2) is 13.8. The molecule has 3 aromatic rings. The molecule has 0 aromatic heterocycles. The molecule has 232 valence electrons. The van der Waals surface area contributed by atoms with Crippen LogP contribution >= 0.6 is 0 Å². The molecule has 0 radical (unpaired) electrons. The van der Waals surface area contributed by atoms with E-state index in [-0.39, 0.29) is 18.3 Å². The van der Waals surface area contributed by atoms with Crippen molar-refractivity contribution in [3.05, 3.63) is 71.8 Å². The van der Waals surface area contributed by atoms with Crippen molar-refractivity contribution in [1.29, 1.82) is 0 Å². The van der Waals surface area contributed by atoms with Crippen molar-refractivity contribution in [1.82, 2.24) is 10.6 Å². The summed E-state index contributed by atoms with van der Waals surface area (Å²) in [4.78, 5) is 37.9. The van der Waals surface area contributed by atoms with Gasteiger partial charge >= 0.3 is 18.2 Å². The molecule has 2 amide bonds. The van der Waals surface area contributed by atoms with Crippen LogP contribution in [0.2, 0.25) is 0 Å². The van der Waals surface area contributed by atoms with E-state index in [0.29, 0.717) is 28.5 Å². The molecule has 11 heteroatoms. The number of hydrogen-bond acceptors (Lipinski definition) is 6. The lowest BCUT2D eigenvalue weighted by molar-refractivity contribution is -0.147. The van der Waals surface area contributed by atoms with Crippen molar-refractivity contribution >= 4 is 28.7 Å². The largest absolute Gasteiger partial charge is 0.462 e. The number of ether oxygens (including phenoxy) is 3. The van der Waals surface area contributed by atoms with Gasteiger partial charge in [0.15, 0.2) is 0 Å². The molecule has 0 fully saturated rings. The number of halogens is 3. The number of hydrogen-bond donors (Lipinski definition) is 2. The van der Waals surface area contributed by atoms with Crippen molar-refractivity contribution in [3.8, 4) is 11.5 Å². The minimum Gasteiger partial charge on any atom is -0.462 e. The zero-order chi connectivity index (χ0) is 31.9. The van der Waals surface area contributed by atoms with Crippen LogP contribution in [0, 0.1) is 5.92 Å². The lowest BCUT2D eigenvalue weighted by atomic mass is 10.0. The smallest absolute Gasteiger partial charge is 0.416 e. The Morgan fingerprint density at radius 2 is 1.56 bits per heavy atom. The van der Waals surface area contributed by atoms with Gasteiger partial charge in [-0.25, -0.2) is 9.59 Å². The van der Waals surface area contributed by atoms with Crippen LogP contribution in [0.25, 0.3) is 10.8 Å². The van der Waals surface area contributed by atoms with Crippen LogP contribution in [0.4, 0.5) is 18.0 Å². The third-order valence-corrected chi connectivity index (χ3v) is 6.05. The first-order valence-electron chi connectivity index (χ1n) is 13.9. The van der Waals surface area contributed by atoms with Gasteiger partial charge in [0.2, 0.25) is 0 Å². The lowest BCUT2D eigenvalue weighted by Crippen LogP contribution is -2.46. The first kappa shape index (κ1) is 33.2. The van der Waals surface area contributed by atoms with Crippen LogP contribution in [0.3, 0.4) is 0 Å². The Bertz CT molecular complexity index is 1430. The zero-order valence-corrected chi connectivity index (χ0v) is 25.0. The highest BCUT2D eigenvalue weighted by Crippen LogP contribution is 2.33. The molecule has 0 saturated carbocycles. The molecule has 0 spiro atoms. The number of alkyl carbamates (subject to hydrolysis) is 1. The van der Waals surface area contributed by atoms with Gasteiger partial charge in [-0.15, -0.1) is 0 Å². The molecule has 2 atom stereocenters. The summed E-state index contributed by atoms with van der Waals surface area (Å²) in [7, 11) is 0. The van der Waals surface area contributed by atoms with Crippen molar-refractivity contribution in [2.24, 2.45) is 5.92 Å². The summed E-state index contributed by atoms with van der Waals surface area (Å²) >= 11 is 0. The molecule has 43 heavy (non-hydrogen) atoms. The topological polar surface area (TPSA) is 103 Å². The lowest BCUT2D eigenvalue weighted by Gasteiger charge is -2.24. The number of benzene rings is 3. The molecule has 0 aliphatic rings. The Kier molecular flexibility index (Phi) is 10.7. The van der Waals surface area contributed by atoms with E-state index in [1.807, 2.05) is 13.8 Å². The van der Waals surface area contributed by atoms with E-state index in [1.165, 1.54) is 12.1 Å². The average Bonchev–Trinajstić information content (AvgIpc) is 2.89. The first-order chi connectivity index (χ1) is 20.0. The van der Waals surface area contributed by atoms with E-state index < -0.39 is 47.4 Å². The van der Waals surface area contributed by atoms with Crippen molar-refractivity contribution < 1.29 is 41.8 Å². The van der Waals surface area contributed by atoms with Gasteiger partial charge in [0.25, 0.3) is 5.91 Å². The number of carbonyl (C=O) groups excluding carboxylic acids is 3. The summed E-state index contributed by atoms with van der Waals surface area (Å²) in [6.45, 7) is 10.5. The van der Waals surface area contributed by atoms with Gasteiger partial charge in [-0.1, -0.05) is 26.0 Å². The van der Waals surface area contributed by atoms with Gasteiger partial charge in [0.05, 0.1) is 11.6 Å². The van der Waals surface area contributed by atoms with Gasteiger partial charge in [0, 0.05) is 10.9 Å². The minimum absolute atomic E-state index is 0.0957. The second-order valence-electron chi connectivity index (χ2n) is 11.6. The molecular formula is C32H37F3N2O6. The van der Waals surface area contributed by atoms with Crippen LogP contribution in [0.1, 0.15) is 63.9 Å². The highest BCUT2D eigenvalue weighted by molar-refractivity contribution is 6.00. The van der Waals surface area contributed by atoms with Gasteiger partial charge < -0.3 is 24.8 Å². The number of amides is 2. The molecule has 0 heterocycles. The standard InChI is InChI=1S/C32H37F3N2O6/c1-19(2)16-26(37-30(40)43-31(4,5)6)29(39)41-18-20(3)36-28(38)22-10-15-25-21(17-22)8-7-9-27(25)42-24-13-11-23(12-14-24)32(33,34)35/h7-15,17,19-20,26H,16,18H2,1-6H3,(H,36,38)(H,37,40)/t20-,26+/m1/s1. The Morgan fingerprint density at radius 3 is 2.16 bits per heavy atom. The fourth-order valence-electron chi connectivity index (χ4n) is 4.11. The van der Waals surface area contributed by atoms with E-state index in [4.69, 9.17) is 14.2 Å². The van der Waals surface area contributed by atoms with Gasteiger partial charge in [0.1, 0.15) is 29.7 Å². The molecule has 0 saturated heterocycles. The van der Waals surface area contributed by atoms with Crippen LogP contribution < -0.4 is 15.4 Å². The number of carbonyl (C=O) groups is 3. The Labute approximate surface area is 248 Å². The first-order valence-corrected chi connectivity index (χ1v) is 13.9. The molecule has 3 rings (SSSR count). The highest BCUT2D eigenvalue weighted by Gasteiger charge is 2.30. The summed E-state index contributed by atoms with van der Waals surface area (Å²) in [6.07, 6.45) is -4.82. The van der Waals surface area contributed by atoms with Crippen molar-refractivity contribution in [3.63, 3.8) is 0 Å². The van der Waals surface area contributed by atoms with Crippen molar-refractivity contribution in [2.75, 3.05) is 6.61 Å². The Balaban J connectivity index is 1.61. The Morgan fingerprint density at radius 1 is 0.884 bits per heavy atom. The molecule has 3 aromatic carbocycles. The van der Waals surface area contributed by atoms with E-state index in [1.54, 1.807) is 64.1 Å². The zero-order valence-electron chi connectivity index (χ0n) is 25.0. The van der Waals surface area contributed by atoms with Gasteiger partial charge in [-0.3, -0.25) is 4.79 Å². The molecule has 2 N–H and O–H groups in total. The summed E-state index contributed by atoms with van der Waals surface area (Å²) in [5.41, 5.74) is -1.15. The minimum atomic E-state index is -4.44. The number of fused-ring (bicyclic) bond motifs is 1. The maximum absolute atomic E-state index is 12.9. The molecule has 8 nitrogen and oxygen atoms in total. The normalized spacial score (nSPS) is 13.3. The molecule has 0 bridgehead atoms. The van der Waals surface area contributed by atoms with E-state index >= 15 is 0 Å². The molecule has 0 aliphatic carbocycles. The van der Waals surface area contributed by atoms with E-state index in [9.17, 15) is 27.6 Å². The van der Waals surface area contributed by atoms with Crippen LogP contribution in [0.15, 0.2) is 60.7 Å². The van der Waals surface area contributed by atoms with Gasteiger partial charge in [-0.2, -0.15) is 13.2 Å². The molecule has 0 unspecified atom stereocenters. The monoisotopic (exact) mass is 602 g/mol. The maximum atomic E-state index is 12.9. The summed E-state index contributed by atoms with van der Waals surface area (Å²) in [5, 5.41) is 6.69. The number of rotatable bonds is 10. The third kappa shape index (κ3) is 10.2. The number of alkyl halides is 3. The van der Waals surface area contributed by atoms with Crippen LogP contribution in [-0.2, 0) is 20.4 Å². The fourth-order valence-corrected chi connectivity index (χ4v) is 4.11. The number of esters is 1. The summed E-state index contributed by atoms with van der Waals surface area (Å²) in [6, 6.07) is 13.1. The number of nitrogens with one attached hydrogen (secondary N) is 2. The summed E-state index contributed by atoms with van der Waals surface area (Å²) < 4.78 is 55.1. The third-order valence-electron chi connectivity index (χ3n) is 6.05. The average molecular weight is 603 g/mol. The quantitative estimate of drug-likeness (QED) is 0.237. The second-order valence-corrected chi connectivity index (χ2v) is 11.6. The van der Waals surface area contributed by atoms with Crippen LogP contribution in [-0.4, -0.2) is 42.3 Å². The van der Waals surface area contributed by atoms with E-state index in [2.05, 4.69) is 10.6 Å². The maximum Gasteiger partial charge on any atom is 0.416 e. The van der Waals surface area contributed by atoms with Gasteiger partial charge in [-0.05, 0) is 94.0 Å². The molecule has 0 aliphatic heterocycles. The highest BCUT2D eigenvalue weighted by atomic mass is 19.4. The molecular weight excluding hydrogens is 565 g/mol. The van der Waals surface area contributed by atoms with E-state index in [0.717, 1.165) is 12.1 Å². The predicted octanol–water partition coefficient (Wildman–Crippen LogP) is 7.25. The van der Waals surface area contributed by atoms with Crippen LogP contribution in [0.5, 0.6) is 11.5 Å². The Hall–Kier alpha value is -4.28. The summed E-state index contributed by atoms with van der Waals surface area (Å²) in [5.74, 6) is -0.279. The van der Waals surface area contributed by atoms with Crippen molar-refractivity contribution in [2.45, 2.75) is 71.8 Å². The fraction of sp³-hybridized carbons (Fsp3) is 0.406. The SMILES string of the molecule is CC(C)C[C@H](NC(=O)OC(C)(C)C)C(=O)OC[C@@H](C)NC(=O)c1ccc2c(Oc3ccc(C(F)(F)F)cc3)cccc2c1. The predicted molar refractivity (Wildman–Crippen MR) is 156 cm³/mol.